The number of ether oxygens (including phenoxy) is 1. The van der Waals surface area contributed by atoms with Gasteiger partial charge in [-0.15, -0.1) is 12.3 Å². The average molecular weight is 266 g/mol. The van der Waals surface area contributed by atoms with Crippen LogP contribution in [0.5, 0.6) is 0 Å². The van der Waals surface area contributed by atoms with Gasteiger partial charge in [-0.1, -0.05) is 0 Å². The smallest absolute Gasteiger partial charge is 0.408 e. The highest BCUT2D eigenvalue weighted by atomic mass is 16.6. The number of carbonyl (C=O) groups excluding carboxylic acids is 2. The highest BCUT2D eigenvalue weighted by molar-refractivity contribution is 5.82. The van der Waals surface area contributed by atoms with E-state index in [0.29, 0.717) is 13.1 Å². The predicted octanol–water partition coefficient (Wildman–Crippen LogP) is 1.38. The summed E-state index contributed by atoms with van der Waals surface area (Å²) in [5.41, 5.74) is -0.557. The first-order valence-corrected chi connectivity index (χ1v) is 6.52. The molecule has 19 heavy (non-hydrogen) atoms. The molecule has 0 bridgehead atoms. The number of hydrogen-bond donors (Lipinski definition) is 1. The van der Waals surface area contributed by atoms with Crippen LogP contribution in [0.4, 0.5) is 4.79 Å². The molecule has 1 aliphatic rings. The number of terminal acetylenes is 1. The van der Waals surface area contributed by atoms with Crippen molar-refractivity contribution in [1.82, 2.24) is 10.2 Å². The number of nitrogens with one attached hydrogen (secondary N) is 1. The number of hydrogen-bond acceptors (Lipinski definition) is 3. The van der Waals surface area contributed by atoms with Crippen molar-refractivity contribution in [2.24, 2.45) is 5.92 Å². The summed E-state index contributed by atoms with van der Waals surface area (Å²) in [6.45, 7) is 6.61. The fraction of sp³-hybridized carbons (Fsp3) is 0.714. The van der Waals surface area contributed by atoms with Crippen LogP contribution in [0.3, 0.4) is 0 Å². The van der Waals surface area contributed by atoms with Crippen molar-refractivity contribution < 1.29 is 14.3 Å². The van der Waals surface area contributed by atoms with Gasteiger partial charge in [0.25, 0.3) is 0 Å². The number of nitrogens with zero attached hydrogens (tertiary/aromatic N) is 1. The van der Waals surface area contributed by atoms with E-state index in [1.54, 1.807) is 25.7 Å². The standard InChI is InChI=1S/C14H22N2O3/c1-5-11-6-8-16(9-7-11)12(17)10-15-13(18)19-14(2,3)4/h1,11H,6-10H2,2-4H3,(H,15,18). The third-order valence-corrected chi connectivity index (χ3v) is 2.87. The Morgan fingerprint density at radius 1 is 1.37 bits per heavy atom. The minimum atomic E-state index is -0.570. The molecule has 106 valence electrons. The van der Waals surface area contributed by atoms with Crippen molar-refractivity contribution in [3.8, 4) is 12.3 Å². The third-order valence-electron chi connectivity index (χ3n) is 2.87. The maximum Gasteiger partial charge on any atom is 0.408 e. The van der Waals surface area contributed by atoms with E-state index in [1.165, 1.54) is 0 Å². The van der Waals surface area contributed by atoms with E-state index in [-0.39, 0.29) is 18.4 Å². The van der Waals surface area contributed by atoms with E-state index < -0.39 is 11.7 Å². The molecule has 1 saturated heterocycles. The van der Waals surface area contributed by atoms with E-state index in [4.69, 9.17) is 11.2 Å². The van der Waals surface area contributed by atoms with Gasteiger partial charge in [-0.2, -0.15) is 0 Å². The summed E-state index contributed by atoms with van der Waals surface area (Å²) < 4.78 is 5.06. The Morgan fingerprint density at radius 3 is 2.42 bits per heavy atom. The van der Waals surface area contributed by atoms with Crippen LogP contribution in [0, 0.1) is 18.3 Å². The molecule has 0 radical (unpaired) electrons. The maximum atomic E-state index is 11.9. The van der Waals surface area contributed by atoms with E-state index >= 15 is 0 Å². The van der Waals surface area contributed by atoms with Crippen LogP contribution in [-0.4, -0.2) is 42.1 Å². The molecular weight excluding hydrogens is 244 g/mol. The zero-order chi connectivity index (χ0) is 14.5. The molecule has 0 aliphatic carbocycles. The lowest BCUT2D eigenvalue weighted by molar-refractivity contribution is -0.131. The van der Waals surface area contributed by atoms with Gasteiger partial charge in [-0.05, 0) is 33.6 Å². The molecule has 0 spiro atoms. The molecule has 0 aromatic heterocycles. The largest absolute Gasteiger partial charge is 0.444 e. The Labute approximate surface area is 114 Å². The molecule has 1 heterocycles. The van der Waals surface area contributed by atoms with Crippen molar-refractivity contribution in [3.05, 3.63) is 0 Å². The minimum absolute atomic E-state index is 0.0321. The van der Waals surface area contributed by atoms with Gasteiger partial charge in [0.15, 0.2) is 0 Å². The number of likely N-dealkylation sites (tertiary alicyclic amines) is 1. The molecule has 0 unspecified atom stereocenters. The molecule has 0 aromatic carbocycles. The second-order valence-corrected chi connectivity index (χ2v) is 5.68. The Kier molecular flexibility index (Phi) is 5.22. The topological polar surface area (TPSA) is 58.6 Å². The average Bonchev–Trinajstić information content (AvgIpc) is 2.34. The van der Waals surface area contributed by atoms with Gasteiger partial charge in [-0.3, -0.25) is 4.79 Å². The molecule has 5 heteroatoms. The Bertz CT molecular complexity index is 371. The zero-order valence-corrected chi connectivity index (χ0v) is 11.9. The molecule has 2 amide bonds. The van der Waals surface area contributed by atoms with Crippen molar-refractivity contribution in [2.45, 2.75) is 39.2 Å². The molecule has 5 nitrogen and oxygen atoms in total. The van der Waals surface area contributed by atoms with Gasteiger partial charge in [0.05, 0.1) is 0 Å². The van der Waals surface area contributed by atoms with E-state index in [2.05, 4.69) is 11.2 Å². The fourth-order valence-electron chi connectivity index (χ4n) is 1.87. The number of carbonyl (C=O) groups is 2. The van der Waals surface area contributed by atoms with E-state index in [9.17, 15) is 9.59 Å². The third kappa shape index (κ3) is 5.64. The second-order valence-electron chi connectivity index (χ2n) is 5.68. The van der Waals surface area contributed by atoms with Crippen LogP contribution in [-0.2, 0) is 9.53 Å². The van der Waals surface area contributed by atoms with Gasteiger partial charge < -0.3 is 15.0 Å². The lowest BCUT2D eigenvalue weighted by Gasteiger charge is -2.30. The molecule has 1 aliphatic heterocycles. The van der Waals surface area contributed by atoms with Crippen LogP contribution >= 0.6 is 0 Å². The van der Waals surface area contributed by atoms with Crippen molar-refractivity contribution in [1.29, 1.82) is 0 Å². The molecule has 0 saturated carbocycles. The van der Waals surface area contributed by atoms with Crippen LogP contribution in [0.2, 0.25) is 0 Å². The SMILES string of the molecule is C#CC1CCN(C(=O)CNC(=O)OC(C)(C)C)CC1. The maximum absolute atomic E-state index is 11.9. The minimum Gasteiger partial charge on any atom is -0.444 e. The van der Waals surface area contributed by atoms with Gasteiger partial charge in [0, 0.05) is 19.0 Å². The van der Waals surface area contributed by atoms with E-state index in [0.717, 1.165) is 12.8 Å². The second kappa shape index (κ2) is 6.46. The van der Waals surface area contributed by atoms with E-state index in [1.807, 2.05) is 0 Å². The van der Waals surface area contributed by atoms with Crippen LogP contribution in [0.25, 0.3) is 0 Å². The molecule has 1 N–H and O–H groups in total. The molecule has 1 rings (SSSR count). The lowest BCUT2D eigenvalue weighted by Crippen LogP contribution is -2.44. The summed E-state index contributed by atoms with van der Waals surface area (Å²) in [6.07, 6.45) is 6.44. The normalized spacial score (nSPS) is 16.6. The van der Waals surface area contributed by atoms with Gasteiger partial charge in [-0.25, -0.2) is 4.79 Å². The molecular formula is C14H22N2O3. The van der Waals surface area contributed by atoms with Crippen molar-refractivity contribution >= 4 is 12.0 Å². The molecule has 1 fully saturated rings. The Hall–Kier alpha value is -1.70. The Balaban J connectivity index is 2.29. The van der Waals surface area contributed by atoms with Crippen LogP contribution < -0.4 is 5.32 Å². The summed E-state index contributed by atoms with van der Waals surface area (Å²) >= 11 is 0. The summed E-state index contributed by atoms with van der Waals surface area (Å²) in [4.78, 5) is 25.0. The number of rotatable bonds is 2. The quantitative estimate of drug-likeness (QED) is 0.768. The monoisotopic (exact) mass is 266 g/mol. The summed E-state index contributed by atoms with van der Waals surface area (Å²) in [6, 6.07) is 0. The first-order chi connectivity index (χ1) is 8.81. The van der Waals surface area contributed by atoms with Crippen molar-refractivity contribution in [2.75, 3.05) is 19.6 Å². The van der Waals surface area contributed by atoms with Gasteiger partial charge in [0.1, 0.15) is 12.1 Å². The summed E-state index contributed by atoms with van der Waals surface area (Å²) in [5.74, 6) is 2.88. The predicted molar refractivity (Wildman–Crippen MR) is 72.4 cm³/mol. The Morgan fingerprint density at radius 2 is 1.95 bits per heavy atom. The van der Waals surface area contributed by atoms with Crippen LogP contribution in [0.1, 0.15) is 33.6 Å². The van der Waals surface area contributed by atoms with Crippen LogP contribution in [0.15, 0.2) is 0 Å². The number of alkyl carbamates (subject to hydrolysis) is 1. The summed E-state index contributed by atoms with van der Waals surface area (Å²) in [5, 5.41) is 2.47. The highest BCUT2D eigenvalue weighted by Crippen LogP contribution is 2.15. The van der Waals surface area contributed by atoms with Crippen molar-refractivity contribution in [3.63, 3.8) is 0 Å². The van der Waals surface area contributed by atoms with Gasteiger partial charge >= 0.3 is 6.09 Å². The van der Waals surface area contributed by atoms with Gasteiger partial charge in [0.2, 0.25) is 5.91 Å². The first-order valence-electron chi connectivity index (χ1n) is 6.52. The summed E-state index contributed by atoms with van der Waals surface area (Å²) in [7, 11) is 0. The zero-order valence-electron chi connectivity index (χ0n) is 11.9. The molecule has 0 atom stereocenters. The number of piperidine rings is 1. The number of amides is 2. The fourth-order valence-corrected chi connectivity index (χ4v) is 1.87. The highest BCUT2D eigenvalue weighted by Gasteiger charge is 2.22. The lowest BCUT2D eigenvalue weighted by atomic mass is 9.98. The first kappa shape index (κ1) is 15.4. The molecule has 0 aromatic rings.